The number of rotatable bonds is 6. The van der Waals surface area contributed by atoms with Crippen LogP contribution in [0.3, 0.4) is 0 Å². The van der Waals surface area contributed by atoms with Crippen molar-refractivity contribution < 1.29 is 24.5 Å². The molecule has 5 heteroatoms. The van der Waals surface area contributed by atoms with Crippen LogP contribution < -0.4 is 0 Å². The number of ether oxygens (including phenoxy) is 2. The molecule has 1 unspecified atom stereocenters. The molecule has 0 aliphatic carbocycles. The SMILES string of the molecule is C=CCOC(=O)C(O)CO.CCOCC. The van der Waals surface area contributed by atoms with Crippen molar-refractivity contribution in [1.29, 1.82) is 0 Å². The van der Waals surface area contributed by atoms with Crippen LogP contribution in [-0.4, -0.2) is 48.7 Å². The van der Waals surface area contributed by atoms with Crippen molar-refractivity contribution in [2.24, 2.45) is 0 Å². The topological polar surface area (TPSA) is 76.0 Å². The first-order valence-corrected chi connectivity index (χ1v) is 4.78. The average molecular weight is 220 g/mol. The lowest BCUT2D eigenvalue weighted by molar-refractivity contribution is -0.154. The van der Waals surface area contributed by atoms with Crippen LogP contribution in [-0.2, 0) is 14.3 Å². The van der Waals surface area contributed by atoms with Gasteiger partial charge in [0, 0.05) is 13.2 Å². The maximum Gasteiger partial charge on any atom is 0.337 e. The first-order valence-electron chi connectivity index (χ1n) is 4.78. The molecule has 0 aromatic heterocycles. The van der Waals surface area contributed by atoms with Gasteiger partial charge in [-0.3, -0.25) is 0 Å². The molecule has 5 nitrogen and oxygen atoms in total. The van der Waals surface area contributed by atoms with Crippen LogP contribution in [0.15, 0.2) is 12.7 Å². The van der Waals surface area contributed by atoms with Crippen LogP contribution in [0.4, 0.5) is 0 Å². The van der Waals surface area contributed by atoms with Crippen LogP contribution in [0.2, 0.25) is 0 Å². The minimum Gasteiger partial charge on any atom is -0.459 e. The van der Waals surface area contributed by atoms with Crippen molar-refractivity contribution in [1.82, 2.24) is 0 Å². The van der Waals surface area contributed by atoms with Crippen molar-refractivity contribution >= 4 is 5.97 Å². The lowest BCUT2D eigenvalue weighted by Gasteiger charge is -2.04. The summed E-state index contributed by atoms with van der Waals surface area (Å²) in [5.74, 6) is -0.831. The van der Waals surface area contributed by atoms with Crippen LogP contribution in [0.25, 0.3) is 0 Å². The summed E-state index contributed by atoms with van der Waals surface area (Å²) >= 11 is 0. The Bertz CT molecular complexity index is 156. The highest BCUT2D eigenvalue weighted by molar-refractivity contribution is 5.74. The zero-order valence-electron chi connectivity index (χ0n) is 9.31. The fourth-order valence-corrected chi connectivity index (χ4v) is 0.516. The van der Waals surface area contributed by atoms with Gasteiger partial charge in [-0.25, -0.2) is 4.79 Å². The van der Waals surface area contributed by atoms with Gasteiger partial charge in [0.2, 0.25) is 0 Å². The van der Waals surface area contributed by atoms with E-state index in [1.807, 2.05) is 13.8 Å². The van der Waals surface area contributed by atoms with Gasteiger partial charge in [0.1, 0.15) is 6.61 Å². The van der Waals surface area contributed by atoms with Crippen LogP contribution >= 0.6 is 0 Å². The third kappa shape index (κ3) is 13.1. The van der Waals surface area contributed by atoms with Crippen LogP contribution in [0.1, 0.15) is 13.8 Å². The van der Waals surface area contributed by atoms with E-state index in [0.29, 0.717) is 0 Å². The van der Waals surface area contributed by atoms with Crippen molar-refractivity contribution in [3.63, 3.8) is 0 Å². The molecule has 0 heterocycles. The zero-order chi connectivity index (χ0) is 12.1. The predicted molar refractivity (Wildman–Crippen MR) is 56.4 cm³/mol. The molecule has 0 aromatic rings. The Morgan fingerprint density at radius 1 is 1.47 bits per heavy atom. The molecule has 2 N–H and O–H groups in total. The van der Waals surface area contributed by atoms with E-state index >= 15 is 0 Å². The maximum absolute atomic E-state index is 10.5. The number of hydrogen-bond donors (Lipinski definition) is 2. The highest BCUT2D eigenvalue weighted by atomic mass is 16.5. The fraction of sp³-hybridized carbons (Fsp3) is 0.700. The second kappa shape index (κ2) is 13.1. The third-order valence-electron chi connectivity index (χ3n) is 1.20. The van der Waals surface area contributed by atoms with Crippen LogP contribution in [0, 0.1) is 0 Å². The second-order valence-corrected chi connectivity index (χ2v) is 2.40. The van der Waals surface area contributed by atoms with Crippen molar-refractivity contribution in [2.45, 2.75) is 20.0 Å². The number of hydrogen-bond acceptors (Lipinski definition) is 5. The zero-order valence-corrected chi connectivity index (χ0v) is 9.31. The highest BCUT2D eigenvalue weighted by Gasteiger charge is 2.13. The number of carbonyl (C=O) groups excluding carboxylic acids is 1. The summed E-state index contributed by atoms with van der Waals surface area (Å²) in [6, 6.07) is 0. The van der Waals surface area contributed by atoms with Gasteiger partial charge in [0.15, 0.2) is 6.10 Å². The van der Waals surface area contributed by atoms with E-state index < -0.39 is 18.7 Å². The summed E-state index contributed by atoms with van der Waals surface area (Å²) in [5, 5.41) is 16.8. The number of carbonyl (C=O) groups is 1. The van der Waals surface area contributed by atoms with E-state index in [4.69, 9.17) is 14.9 Å². The molecular formula is C10H20O5. The Kier molecular flexibility index (Phi) is 14.4. The normalized spacial score (nSPS) is 10.9. The molecule has 0 aliphatic heterocycles. The Morgan fingerprint density at radius 2 is 2.00 bits per heavy atom. The third-order valence-corrected chi connectivity index (χ3v) is 1.20. The molecule has 0 aromatic carbocycles. The van der Waals surface area contributed by atoms with E-state index in [-0.39, 0.29) is 6.61 Å². The Labute approximate surface area is 90.3 Å². The lowest BCUT2D eigenvalue weighted by atomic mass is 10.4. The molecule has 0 aliphatic rings. The van der Waals surface area contributed by atoms with Crippen molar-refractivity contribution in [3.8, 4) is 0 Å². The predicted octanol–water partition coefficient (Wildman–Crippen LogP) is 0.112. The molecule has 0 fully saturated rings. The summed E-state index contributed by atoms with van der Waals surface area (Å²) in [5.41, 5.74) is 0. The van der Waals surface area contributed by atoms with Gasteiger partial charge in [-0.15, -0.1) is 0 Å². The van der Waals surface area contributed by atoms with Gasteiger partial charge in [-0.2, -0.15) is 0 Å². The molecule has 0 rings (SSSR count). The Morgan fingerprint density at radius 3 is 2.27 bits per heavy atom. The summed E-state index contributed by atoms with van der Waals surface area (Å²) in [6.07, 6.45) is -0.0536. The molecule has 0 amide bonds. The van der Waals surface area contributed by atoms with Gasteiger partial charge < -0.3 is 19.7 Å². The second-order valence-electron chi connectivity index (χ2n) is 2.40. The number of aliphatic hydroxyl groups is 2. The fourth-order valence-electron chi connectivity index (χ4n) is 0.516. The van der Waals surface area contributed by atoms with E-state index in [1.165, 1.54) is 6.08 Å². The largest absolute Gasteiger partial charge is 0.459 e. The molecule has 0 spiro atoms. The quantitative estimate of drug-likeness (QED) is 0.491. The minimum absolute atomic E-state index is 0.0515. The smallest absolute Gasteiger partial charge is 0.337 e. The maximum atomic E-state index is 10.5. The first-order chi connectivity index (χ1) is 7.13. The molecular weight excluding hydrogens is 200 g/mol. The average Bonchev–Trinajstić information content (AvgIpc) is 2.26. The molecule has 1 atom stereocenters. The van der Waals surface area contributed by atoms with E-state index in [2.05, 4.69) is 11.3 Å². The minimum atomic E-state index is -1.43. The van der Waals surface area contributed by atoms with E-state index in [0.717, 1.165) is 13.2 Å². The summed E-state index contributed by atoms with van der Waals surface area (Å²) < 4.78 is 9.21. The summed E-state index contributed by atoms with van der Waals surface area (Å²) in [6.45, 7) is 8.40. The Balaban J connectivity index is 0. The van der Waals surface area contributed by atoms with Gasteiger partial charge in [-0.05, 0) is 13.8 Å². The summed E-state index contributed by atoms with van der Waals surface area (Å²) in [4.78, 5) is 10.5. The first kappa shape index (κ1) is 16.5. The van der Waals surface area contributed by atoms with Gasteiger partial charge >= 0.3 is 5.97 Å². The van der Waals surface area contributed by atoms with Crippen LogP contribution in [0.5, 0.6) is 0 Å². The molecule has 0 saturated carbocycles. The Hall–Kier alpha value is -0.910. The lowest BCUT2D eigenvalue weighted by Crippen LogP contribution is -2.26. The monoisotopic (exact) mass is 220 g/mol. The van der Waals surface area contributed by atoms with Crippen molar-refractivity contribution in [2.75, 3.05) is 26.4 Å². The molecule has 90 valence electrons. The number of esters is 1. The molecule has 0 saturated heterocycles. The van der Waals surface area contributed by atoms with Gasteiger partial charge in [0.25, 0.3) is 0 Å². The molecule has 15 heavy (non-hydrogen) atoms. The highest BCUT2D eigenvalue weighted by Crippen LogP contribution is 1.86. The summed E-state index contributed by atoms with van der Waals surface area (Å²) in [7, 11) is 0. The van der Waals surface area contributed by atoms with Gasteiger partial charge in [0.05, 0.1) is 6.61 Å². The molecule has 0 bridgehead atoms. The standard InChI is InChI=1S/C6H10O4.C4H10O/c1-2-3-10-6(9)5(8)4-7;1-3-5-4-2/h2,5,7-8H,1,3-4H2;3-4H2,1-2H3. The van der Waals surface area contributed by atoms with E-state index in [1.54, 1.807) is 0 Å². The van der Waals surface area contributed by atoms with Crippen molar-refractivity contribution in [3.05, 3.63) is 12.7 Å². The van der Waals surface area contributed by atoms with E-state index in [9.17, 15) is 4.79 Å². The number of aliphatic hydroxyl groups excluding tert-OH is 2. The molecule has 0 radical (unpaired) electrons. The van der Waals surface area contributed by atoms with Gasteiger partial charge in [-0.1, -0.05) is 12.7 Å².